The van der Waals surface area contributed by atoms with Crippen molar-refractivity contribution in [1.82, 2.24) is 10.1 Å². The van der Waals surface area contributed by atoms with Crippen LogP contribution in [0, 0.1) is 6.92 Å². The fourth-order valence-electron chi connectivity index (χ4n) is 1.37. The molecule has 18 heavy (non-hydrogen) atoms. The second-order valence-electron chi connectivity index (χ2n) is 3.45. The summed E-state index contributed by atoms with van der Waals surface area (Å²) in [6.07, 6.45) is 0. The Balaban J connectivity index is 0.00000162. The summed E-state index contributed by atoms with van der Waals surface area (Å²) in [5.41, 5.74) is 6.94. The third-order valence-electron chi connectivity index (χ3n) is 2.09. The Hall–Kier alpha value is -1.34. The first kappa shape index (κ1) is 14.7. The number of carbonyl (C=O) groups excluding carboxylic acids is 1. The molecule has 0 aliphatic rings. The van der Waals surface area contributed by atoms with Crippen molar-refractivity contribution >= 4 is 34.0 Å². The van der Waals surface area contributed by atoms with Crippen molar-refractivity contribution in [1.29, 1.82) is 0 Å². The zero-order valence-corrected chi connectivity index (χ0v) is 12.2. The van der Waals surface area contributed by atoms with Gasteiger partial charge in [-0.05, 0) is 11.6 Å². The van der Waals surface area contributed by atoms with Crippen molar-refractivity contribution < 1.29 is 9.32 Å². The number of amides is 1. The molecule has 0 saturated carbocycles. The Morgan fingerprint density at radius 2 is 2.28 bits per heavy atom. The summed E-state index contributed by atoms with van der Waals surface area (Å²) in [5, 5.41) is 3.45. The van der Waals surface area contributed by atoms with E-state index in [2.05, 4.69) is 10.1 Å². The van der Waals surface area contributed by atoms with Gasteiger partial charge in [0.25, 0.3) is 5.24 Å². The molecule has 0 bridgehead atoms. The Labute approximate surface area is 119 Å². The number of thioether (sulfide) groups is 1. The Morgan fingerprint density at radius 1 is 1.50 bits per heavy atom. The molecular weight excluding hydrogens is 318 g/mol. The van der Waals surface area contributed by atoms with Crippen LogP contribution >= 0.6 is 28.7 Å². The first-order valence-electron chi connectivity index (χ1n) is 4.97. The lowest BCUT2D eigenvalue weighted by molar-refractivity contribution is 0.267. The molecule has 0 aliphatic heterocycles. The van der Waals surface area contributed by atoms with Crippen LogP contribution in [-0.4, -0.2) is 15.4 Å². The highest BCUT2D eigenvalue weighted by atomic mass is 79.9. The van der Waals surface area contributed by atoms with Gasteiger partial charge in [0, 0.05) is 18.2 Å². The van der Waals surface area contributed by atoms with Crippen LogP contribution in [0.15, 0.2) is 28.8 Å². The fourth-order valence-corrected chi connectivity index (χ4v) is 1.86. The summed E-state index contributed by atoms with van der Waals surface area (Å²) >= 11 is 1.07. The molecule has 1 heterocycles. The smallest absolute Gasteiger partial charge is 0.276 e. The SMILES string of the molecule is Br.Cc1nc(-c2cccc(CSC(N)=O)c2)no1. The number of hydrogen-bond acceptors (Lipinski definition) is 5. The van der Waals surface area contributed by atoms with Crippen molar-refractivity contribution in [2.75, 3.05) is 0 Å². The predicted molar refractivity (Wildman–Crippen MR) is 75.7 cm³/mol. The van der Waals surface area contributed by atoms with E-state index in [0.717, 1.165) is 22.9 Å². The van der Waals surface area contributed by atoms with Crippen molar-refractivity contribution in [3.05, 3.63) is 35.7 Å². The molecule has 2 rings (SSSR count). The van der Waals surface area contributed by atoms with E-state index in [-0.39, 0.29) is 22.2 Å². The molecule has 0 aliphatic carbocycles. The number of nitrogens with two attached hydrogens (primary N) is 1. The van der Waals surface area contributed by atoms with Crippen LogP contribution in [0.25, 0.3) is 11.4 Å². The van der Waals surface area contributed by atoms with Gasteiger partial charge in [-0.25, -0.2) is 0 Å². The number of hydrogen-bond donors (Lipinski definition) is 1. The Kier molecular flexibility index (Phi) is 5.36. The predicted octanol–water partition coefficient (Wildman–Crippen LogP) is 2.93. The molecule has 0 spiro atoms. The minimum Gasteiger partial charge on any atom is -0.361 e. The highest BCUT2D eigenvalue weighted by Crippen LogP contribution is 2.20. The molecule has 1 aromatic carbocycles. The van der Waals surface area contributed by atoms with Gasteiger partial charge in [-0.2, -0.15) is 4.98 Å². The number of nitrogens with zero attached hydrogens (tertiary/aromatic N) is 2. The second-order valence-corrected chi connectivity index (χ2v) is 4.42. The highest BCUT2D eigenvalue weighted by Gasteiger charge is 2.06. The van der Waals surface area contributed by atoms with Gasteiger partial charge in [0.05, 0.1) is 0 Å². The largest absolute Gasteiger partial charge is 0.361 e. The molecule has 1 aromatic heterocycles. The van der Waals surface area contributed by atoms with Gasteiger partial charge in [-0.1, -0.05) is 35.1 Å². The maximum absolute atomic E-state index is 10.7. The second kappa shape index (κ2) is 6.55. The maximum Gasteiger partial charge on any atom is 0.276 e. The van der Waals surface area contributed by atoms with Crippen LogP contribution < -0.4 is 5.73 Å². The summed E-state index contributed by atoms with van der Waals surface area (Å²) in [6, 6.07) is 7.62. The van der Waals surface area contributed by atoms with Crippen molar-refractivity contribution in [2.24, 2.45) is 5.73 Å². The van der Waals surface area contributed by atoms with Crippen molar-refractivity contribution in [3.8, 4) is 11.4 Å². The zero-order valence-electron chi connectivity index (χ0n) is 9.62. The van der Waals surface area contributed by atoms with E-state index < -0.39 is 0 Å². The van der Waals surface area contributed by atoms with E-state index in [1.165, 1.54) is 0 Å². The fraction of sp³-hybridized carbons (Fsp3) is 0.182. The summed E-state index contributed by atoms with van der Waals surface area (Å²) in [5.74, 6) is 1.62. The monoisotopic (exact) mass is 329 g/mol. The van der Waals surface area contributed by atoms with Crippen LogP contribution in [-0.2, 0) is 5.75 Å². The summed E-state index contributed by atoms with van der Waals surface area (Å²) in [6.45, 7) is 1.74. The van der Waals surface area contributed by atoms with Gasteiger partial charge in [0.2, 0.25) is 11.7 Å². The molecule has 0 unspecified atom stereocenters. The molecule has 0 saturated heterocycles. The average Bonchev–Trinajstić information content (AvgIpc) is 2.74. The number of aromatic nitrogens is 2. The standard InChI is InChI=1S/C11H11N3O2S.BrH/c1-7-13-10(14-16-7)9-4-2-3-8(5-9)6-17-11(12)15;/h2-5H,6H2,1H3,(H2,12,15);1H. The van der Waals surface area contributed by atoms with Crippen LogP contribution in [0.1, 0.15) is 11.5 Å². The molecular formula is C11H12BrN3O2S. The van der Waals surface area contributed by atoms with Crippen LogP contribution in [0.2, 0.25) is 0 Å². The summed E-state index contributed by atoms with van der Waals surface area (Å²) in [4.78, 5) is 14.8. The Bertz CT molecular complexity index is 545. The third kappa shape index (κ3) is 3.85. The molecule has 1 amide bonds. The van der Waals surface area contributed by atoms with E-state index in [1.807, 2.05) is 24.3 Å². The molecule has 0 atom stereocenters. The van der Waals surface area contributed by atoms with E-state index in [9.17, 15) is 4.79 Å². The lowest BCUT2D eigenvalue weighted by Gasteiger charge is -2.00. The van der Waals surface area contributed by atoms with Crippen LogP contribution in [0.3, 0.4) is 0 Å². The quantitative estimate of drug-likeness (QED) is 0.936. The maximum atomic E-state index is 10.7. The first-order valence-corrected chi connectivity index (χ1v) is 5.95. The number of aryl methyl sites for hydroxylation is 1. The van der Waals surface area contributed by atoms with E-state index in [4.69, 9.17) is 10.3 Å². The molecule has 5 nitrogen and oxygen atoms in total. The zero-order chi connectivity index (χ0) is 12.3. The van der Waals surface area contributed by atoms with Crippen molar-refractivity contribution in [2.45, 2.75) is 12.7 Å². The van der Waals surface area contributed by atoms with Gasteiger partial charge in [-0.3, -0.25) is 4.79 Å². The van der Waals surface area contributed by atoms with Gasteiger partial charge < -0.3 is 10.3 Å². The summed E-state index contributed by atoms with van der Waals surface area (Å²) < 4.78 is 4.92. The van der Waals surface area contributed by atoms with Gasteiger partial charge in [0.15, 0.2) is 0 Å². The third-order valence-corrected chi connectivity index (χ3v) is 2.86. The topological polar surface area (TPSA) is 82.0 Å². The minimum absolute atomic E-state index is 0. The molecule has 0 fully saturated rings. The van der Waals surface area contributed by atoms with E-state index in [0.29, 0.717) is 17.5 Å². The minimum atomic E-state index is -0.384. The molecule has 0 radical (unpaired) electrons. The average molecular weight is 330 g/mol. The number of benzene rings is 1. The molecule has 96 valence electrons. The molecule has 2 N–H and O–H groups in total. The van der Waals surface area contributed by atoms with E-state index >= 15 is 0 Å². The normalized spacial score (nSPS) is 9.83. The van der Waals surface area contributed by atoms with Gasteiger partial charge in [-0.15, -0.1) is 17.0 Å². The van der Waals surface area contributed by atoms with Gasteiger partial charge >= 0.3 is 0 Å². The van der Waals surface area contributed by atoms with Crippen LogP contribution in [0.4, 0.5) is 4.79 Å². The lowest BCUT2D eigenvalue weighted by Crippen LogP contribution is -2.02. The number of primary amides is 1. The highest BCUT2D eigenvalue weighted by molar-refractivity contribution is 8.93. The molecule has 7 heteroatoms. The number of halogens is 1. The first-order chi connectivity index (χ1) is 8.15. The van der Waals surface area contributed by atoms with Gasteiger partial charge in [0.1, 0.15) is 0 Å². The van der Waals surface area contributed by atoms with E-state index in [1.54, 1.807) is 6.92 Å². The Morgan fingerprint density at radius 3 is 2.89 bits per heavy atom. The van der Waals surface area contributed by atoms with Crippen LogP contribution in [0.5, 0.6) is 0 Å². The molecule has 2 aromatic rings. The number of carbonyl (C=O) groups is 1. The van der Waals surface area contributed by atoms with Crippen molar-refractivity contribution in [3.63, 3.8) is 0 Å². The number of rotatable bonds is 3. The summed E-state index contributed by atoms with van der Waals surface area (Å²) in [7, 11) is 0. The lowest BCUT2D eigenvalue weighted by atomic mass is 10.1.